The third-order valence-electron chi connectivity index (χ3n) is 5.21. The Morgan fingerprint density at radius 3 is 2.70 bits per heavy atom. The van der Waals surface area contributed by atoms with E-state index in [1.54, 1.807) is 0 Å². The highest BCUT2D eigenvalue weighted by atomic mass is 28.3. The number of nitrogens with zero attached hydrogens (tertiary/aromatic N) is 2. The molecule has 1 fully saturated rings. The summed E-state index contributed by atoms with van der Waals surface area (Å²) in [6, 6.07) is 2.15. The molecule has 2 heterocycles. The lowest BCUT2D eigenvalue weighted by Gasteiger charge is -2.22. The van der Waals surface area contributed by atoms with Crippen LogP contribution in [0.25, 0.3) is 11.0 Å². The van der Waals surface area contributed by atoms with Crippen LogP contribution in [-0.4, -0.2) is 66.0 Å². The van der Waals surface area contributed by atoms with E-state index in [9.17, 15) is 19.0 Å². The molecule has 1 aromatic heterocycles. The number of aliphatic hydroxyl groups excluding tert-OH is 2. The molecule has 1 aliphatic heterocycles. The lowest BCUT2D eigenvalue weighted by atomic mass is 10.1. The number of halogens is 2. The van der Waals surface area contributed by atoms with Crippen molar-refractivity contribution in [1.29, 1.82) is 0 Å². The Hall–Kier alpha value is -1.59. The number of ether oxygens (including phenoxy) is 3. The van der Waals surface area contributed by atoms with E-state index in [1.807, 2.05) is 0 Å². The number of imidazole rings is 1. The van der Waals surface area contributed by atoms with Crippen molar-refractivity contribution < 1.29 is 33.2 Å². The molecule has 168 valence electrons. The van der Waals surface area contributed by atoms with Crippen molar-refractivity contribution in [1.82, 2.24) is 9.55 Å². The van der Waals surface area contributed by atoms with E-state index < -0.39 is 38.0 Å². The van der Waals surface area contributed by atoms with Crippen molar-refractivity contribution in [2.45, 2.75) is 64.1 Å². The van der Waals surface area contributed by atoms with Gasteiger partial charge in [-0.15, -0.1) is 0 Å². The third kappa shape index (κ3) is 5.17. The second-order valence-corrected chi connectivity index (χ2v) is 14.6. The van der Waals surface area contributed by atoms with Crippen LogP contribution in [0.2, 0.25) is 25.7 Å². The number of aromatic nitrogens is 2. The zero-order chi connectivity index (χ0) is 22.1. The molecule has 1 aliphatic rings. The van der Waals surface area contributed by atoms with Gasteiger partial charge in [-0.2, -0.15) is 4.98 Å². The average molecular weight is 445 g/mol. The smallest absolute Gasteiger partial charge is 0.299 e. The standard InChI is InChI=1S/C20H30F2N2O5Si/c1-12-14(21)8-15-19(18(12)22)23-20(24(15)11-27-5-6-30(2,3)4)29-17(9-25)16-7-13(26)10-28-16/h8,13,16-17,25-26H,5-7,9-11H2,1-4H3. The largest absolute Gasteiger partial charge is 0.456 e. The molecule has 3 rings (SSSR count). The molecule has 1 aromatic carbocycles. The van der Waals surface area contributed by atoms with Crippen molar-refractivity contribution in [3.63, 3.8) is 0 Å². The molecular weight excluding hydrogens is 414 g/mol. The molecule has 30 heavy (non-hydrogen) atoms. The Bertz CT molecular complexity index is 886. The molecule has 2 aromatic rings. The van der Waals surface area contributed by atoms with E-state index >= 15 is 0 Å². The lowest BCUT2D eigenvalue weighted by molar-refractivity contribution is -0.0243. The van der Waals surface area contributed by atoms with Crippen LogP contribution in [0.1, 0.15) is 12.0 Å². The van der Waals surface area contributed by atoms with E-state index in [2.05, 4.69) is 24.6 Å². The molecule has 0 saturated carbocycles. The summed E-state index contributed by atoms with van der Waals surface area (Å²) in [7, 11) is -1.30. The van der Waals surface area contributed by atoms with Gasteiger partial charge in [0.05, 0.1) is 30.9 Å². The molecule has 7 nitrogen and oxygen atoms in total. The molecule has 10 heteroatoms. The van der Waals surface area contributed by atoms with Crippen molar-refractivity contribution in [2.24, 2.45) is 0 Å². The summed E-state index contributed by atoms with van der Waals surface area (Å²) in [5.41, 5.74) is 0.0590. The number of aliphatic hydroxyl groups is 2. The zero-order valence-corrected chi connectivity index (χ0v) is 18.8. The lowest BCUT2D eigenvalue weighted by Crippen LogP contribution is -2.35. The minimum Gasteiger partial charge on any atom is -0.456 e. The van der Waals surface area contributed by atoms with Crippen LogP contribution in [0.15, 0.2) is 6.07 Å². The van der Waals surface area contributed by atoms with Crippen LogP contribution >= 0.6 is 0 Å². The summed E-state index contributed by atoms with van der Waals surface area (Å²) in [4.78, 5) is 4.22. The molecule has 3 unspecified atom stereocenters. The normalized spacial score (nSPS) is 20.8. The Kier molecular flexibility index (Phi) is 7.13. The van der Waals surface area contributed by atoms with Gasteiger partial charge in [-0.05, 0) is 13.0 Å². The van der Waals surface area contributed by atoms with Gasteiger partial charge in [-0.1, -0.05) is 19.6 Å². The zero-order valence-electron chi connectivity index (χ0n) is 17.8. The second kappa shape index (κ2) is 9.27. The quantitative estimate of drug-likeness (QED) is 0.457. The van der Waals surface area contributed by atoms with Gasteiger partial charge in [0.25, 0.3) is 6.01 Å². The van der Waals surface area contributed by atoms with E-state index in [-0.39, 0.29) is 42.6 Å². The molecule has 0 bridgehead atoms. The number of hydrogen-bond donors (Lipinski definition) is 2. The van der Waals surface area contributed by atoms with Crippen LogP contribution < -0.4 is 4.74 Å². The van der Waals surface area contributed by atoms with Crippen LogP contribution in [0.3, 0.4) is 0 Å². The maximum atomic E-state index is 14.7. The highest BCUT2D eigenvalue weighted by Crippen LogP contribution is 2.29. The predicted molar refractivity (Wildman–Crippen MR) is 110 cm³/mol. The van der Waals surface area contributed by atoms with Gasteiger partial charge in [-0.3, -0.25) is 4.57 Å². The fourth-order valence-electron chi connectivity index (χ4n) is 3.28. The highest BCUT2D eigenvalue weighted by Gasteiger charge is 2.33. The minimum absolute atomic E-state index is 0.00452. The first-order valence-electron chi connectivity index (χ1n) is 10.1. The first kappa shape index (κ1) is 23.1. The molecule has 0 amide bonds. The number of benzene rings is 1. The number of hydrogen-bond acceptors (Lipinski definition) is 6. The Morgan fingerprint density at radius 1 is 1.37 bits per heavy atom. The van der Waals surface area contributed by atoms with Crippen molar-refractivity contribution in [3.8, 4) is 6.01 Å². The summed E-state index contributed by atoms with van der Waals surface area (Å²) in [5.74, 6) is -1.44. The van der Waals surface area contributed by atoms with E-state index in [0.29, 0.717) is 13.0 Å². The molecule has 0 radical (unpaired) electrons. The van der Waals surface area contributed by atoms with Crippen LogP contribution in [0, 0.1) is 18.6 Å². The fraction of sp³-hybridized carbons (Fsp3) is 0.650. The summed E-state index contributed by atoms with van der Waals surface area (Å²) in [6.07, 6.45) is -1.67. The Balaban J connectivity index is 1.90. The van der Waals surface area contributed by atoms with Gasteiger partial charge in [-0.25, -0.2) is 8.78 Å². The highest BCUT2D eigenvalue weighted by molar-refractivity contribution is 6.76. The molecule has 0 spiro atoms. The maximum absolute atomic E-state index is 14.7. The summed E-state index contributed by atoms with van der Waals surface area (Å²) < 4.78 is 47.4. The van der Waals surface area contributed by atoms with Crippen molar-refractivity contribution in [3.05, 3.63) is 23.3 Å². The molecule has 2 N–H and O–H groups in total. The van der Waals surface area contributed by atoms with Gasteiger partial charge in [0, 0.05) is 32.7 Å². The first-order valence-corrected chi connectivity index (χ1v) is 13.8. The Morgan fingerprint density at radius 2 is 2.10 bits per heavy atom. The van der Waals surface area contributed by atoms with E-state index in [0.717, 1.165) is 6.04 Å². The molecule has 0 aliphatic carbocycles. The summed E-state index contributed by atoms with van der Waals surface area (Å²) in [5, 5.41) is 19.5. The summed E-state index contributed by atoms with van der Waals surface area (Å²) in [6.45, 7) is 8.31. The van der Waals surface area contributed by atoms with E-state index in [4.69, 9.17) is 14.2 Å². The molecular formula is C20H30F2N2O5Si. The fourth-order valence-corrected chi connectivity index (χ4v) is 4.03. The topological polar surface area (TPSA) is 86.0 Å². The predicted octanol–water partition coefficient (Wildman–Crippen LogP) is 2.82. The van der Waals surface area contributed by atoms with Gasteiger partial charge in [0.2, 0.25) is 0 Å². The average Bonchev–Trinajstić information content (AvgIpc) is 3.24. The van der Waals surface area contributed by atoms with Crippen LogP contribution in [0.4, 0.5) is 8.78 Å². The molecule has 1 saturated heterocycles. The number of fused-ring (bicyclic) bond motifs is 1. The van der Waals surface area contributed by atoms with Crippen LogP contribution in [0.5, 0.6) is 6.01 Å². The van der Waals surface area contributed by atoms with Crippen LogP contribution in [-0.2, 0) is 16.2 Å². The maximum Gasteiger partial charge on any atom is 0.299 e. The first-order chi connectivity index (χ1) is 14.1. The summed E-state index contributed by atoms with van der Waals surface area (Å²) >= 11 is 0. The monoisotopic (exact) mass is 444 g/mol. The molecule has 3 atom stereocenters. The van der Waals surface area contributed by atoms with Gasteiger partial charge < -0.3 is 24.4 Å². The second-order valence-electron chi connectivity index (χ2n) is 8.94. The van der Waals surface area contributed by atoms with Crippen molar-refractivity contribution >= 4 is 19.1 Å². The minimum atomic E-state index is -1.30. The van der Waals surface area contributed by atoms with Gasteiger partial charge in [0.1, 0.15) is 18.1 Å². The third-order valence-corrected chi connectivity index (χ3v) is 6.91. The number of rotatable bonds is 9. The Labute approximate surface area is 175 Å². The van der Waals surface area contributed by atoms with E-state index in [1.165, 1.54) is 17.6 Å². The SMILES string of the molecule is Cc1c(F)cc2c(nc(OC(CO)C3CC(O)CO3)n2COCC[Si](C)(C)C)c1F. The van der Waals surface area contributed by atoms with Gasteiger partial charge >= 0.3 is 0 Å². The van der Waals surface area contributed by atoms with Crippen molar-refractivity contribution in [2.75, 3.05) is 19.8 Å². The van der Waals surface area contributed by atoms with Gasteiger partial charge in [0.15, 0.2) is 11.9 Å².